The number of fused-ring (bicyclic) bond motifs is 1. The number of aromatic nitrogens is 2. The molecule has 6 nitrogen and oxygen atoms in total. The quantitative estimate of drug-likeness (QED) is 0.558. The van der Waals surface area contributed by atoms with Crippen molar-refractivity contribution < 1.29 is 13.6 Å². The molecule has 0 unspecified atom stereocenters. The molecular formula is C21H19N3O3. The lowest BCUT2D eigenvalue weighted by atomic mass is 10.1. The third-order valence-electron chi connectivity index (χ3n) is 4.43. The first-order chi connectivity index (χ1) is 13.2. The SMILES string of the molecule is CC[C@H](C)NC(=O)c1ccc2nc(-c3ccco3)c(-c3ccco3)nc2c1. The van der Waals surface area contributed by atoms with Crippen molar-refractivity contribution in [3.63, 3.8) is 0 Å². The van der Waals surface area contributed by atoms with E-state index in [0.29, 0.717) is 39.5 Å². The Morgan fingerprint density at radius 2 is 1.63 bits per heavy atom. The first-order valence-corrected chi connectivity index (χ1v) is 8.86. The van der Waals surface area contributed by atoms with Crippen molar-refractivity contribution in [2.45, 2.75) is 26.3 Å². The Morgan fingerprint density at radius 1 is 1.00 bits per heavy atom. The number of hydrogen-bond acceptors (Lipinski definition) is 5. The summed E-state index contributed by atoms with van der Waals surface area (Å²) < 4.78 is 11.0. The highest BCUT2D eigenvalue weighted by Crippen LogP contribution is 2.31. The Balaban J connectivity index is 1.83. The van der Waals surface area contributed by atoms with Crippen LogP contribution in [0.1, 0.15) is 30.6 Å². The fourth-order valence-electron chi connectivity index (χ4n) is 2.77. The molecule has 1 atom stereocenters. The maximum absolute atomic E-state index is 12.4. The van der Waals surface area contributed by atoms with Crippen LogP contribution in [-0.2, 0) is 0 Å². The Bertz CT molecular complexity index is 1070. The number of nitrogens with zero attached hydrogens (tertiary/aromatic N) is 2. The molecule has 27 heavy (non-hydrogen) atoms. The molecule has 6 heteroatoms. The zero-order valence-corrected chi connectivity index (χ0v) is 15.1. The van der Waals surface area contributed by atoms with Crippen molar-refractivity contribution in [2.24, 2.45) is 0 Å². The van der Waals surface area contributed by atoms with Crippen LogP contribution in [0, 0.1) is 0 Å². The molecule has 136 valence electrons. The summed E-state index contributed by atoms with van der Waals surface area (Å²) in [6, 6.07) is 12.7. The minimum Gasteiger partial charge on any atom is -0.463 e. The molecule has 1 aromatic carbocycles. The molecular weight excluding hydrogens is 342 g/mol. The van der Waals surface area contributed by atoms with Gasteiger partial charge >= 0.3 is 0 Å². The number of carbonyl (C=O) groups excluding carboxylic acids is 1. The summed E-state index contributed by atoms with van der Waals surface area (Å²) in [5.74, 6) is 1.07. The van der Waals surface area contributed by atoms with Gasteiger partial charge in [-0.2, -0.15) is 0 Å². The summed E-state index contributed by atoms with van der Waals surface area (Å²) >= 11 is 0. The van der Waals surface area contributed by atoms with E-state index in [9.17, 15) is 4.79 Å². The average molecular weight is 361 g/mol. The number of amides is 1. The normalized spacial score (nSPS) is 12.2. The van der Waals surface area contributed by atoms with Crippen LogP contribution in [0.2, 0.25) is 0 Å². The number of furan rings is 2. The van der Waals surface area contributed by atoms with Gasteiger partial charge in [-0.3, -0.25) is 4.79 Å². The van der Waals surface area contributed by atoms with Crippen molar-refractivity contribution in [3.8, 4) is 22.9 Å². The molecule has 0 bridgehead atoms. The first kappa shape index (κ1) is 17.0. The van der Waals surface area contributed by atoms with E-state index in [1.165, 1.54) is 0 Å². The second kappa shape index (κ2) is 7.07. The molecule has 3 aromatic heterocycles. The summed E-state index contributed by atoms with van der Waals surface area (Å²) in [5, 5.41) is 2.97. The molecule has 0 fully saturated rings. The Labute approximate surface area is 156 Å². The van der Waals surface area contributed by atoms with Gasteiger partial charge in [0.1, 0.15) is 11.4 Å². The highest BCUT2D eigenvalue weighted by molar-refractivity contribution is 5.98. The molecule has 1 N–H and O–H groups in total. The van der Waals surface area contributed by atoms with E-state index in [0.717, 1.165) is 6.42 Å². The molecule has 0 aliphatic heterocycles. The Hall–Kier alpha value is -3.41. The van der Waals surface area contributed by atoms with Crippen molar-refractivity contribution in [3.05, 3.63) is 60.6 Å². The largest absolute Gasteiger partial charge is 0.463 e. The second-order valence-corrected chi connectivity index (χ2v) is 6.36. The maximum atomic E-state index is 12.4. The zero-order chi connectivity index (χ0) is 18.8. The van der Waals surface area contributed by atoms with Gasteiger partial charge in [-0.15, -0.1) is 0 Å². The molecule has 3 heterocycles. The van der Waals surface area contributed by atoms with Gasteiger partial charge in [0.25, 0.3) is 5.91 Å². The number of benzene rings is 1. The van der Waals surface area contributed by atoms with Gasteiger partial charge in [-0.05, 0) is 55.8 Å². The van der Waals surface area contributed by atoms with E-state index in [2.05, 4.69) is 5.32 Å². The minimum absolute atomic E-state index is 0.110. The number of carbonyl (C=O) groups is 1. The third kappa shape index (κ3) is 3.33. The van der Waals surface area contributed by atoms with Gasteiger partial charge in [0.2, 0.25) is 0 Å². The van der Waals surface area contributed by atoms with Gasteiger partial charge in [0.05, 0.1) is 23.6 Å². The van der Waals surface area contributed by atoms with Crippen molar-refractivity contribution in [1.82, 2.24) is 15.3 Å². The highest BCUT2D eigenvalue weighted by Gasteiger charge is 2.18. The summed E-state index contributed by atoms with van der Waals surface area (Å²) in [5.41, 5.74) is 3.01. The van der Waals surface area contributed by atoms with Crippen LogP contribution in [0.25, 0.3) is 33.9 Å². The molecule has 0 radical (unpaired) electrons. The fourth-order valence-corrected chi connectivity index (χ4v) is 2.77. The van der Waals surface area contributed by atoms with Crippen LogP contribution in [0.15, 0.2) is 63.8 Å². The van der Waals surface area contributed by atoms with Gasteiger partial charge in [0, 0.05) is 11.6 Å². The number of nitrogens with one attached hydrogen (secondary N) is 1. The third-order valence-corrected chi connectivity index (χ3v) is 4.43. The molecule has 4 rings (SSSR count). The van der Waals surface area contributed by atoms with Gasteiger partial charge in [-0.25, -0.2) is 9.97 Å². The van der Waals surface area contributed by atoms with Gasteiger partial charge in [0.15, 0.2) is 11.5 Å². The zero-order valence-electron chi connectivity index (χ0n) is 15.1. The standard InChI is InChI=1S/C21H19N3O3/c1-3-13(2)22-21(25)14-8-9-15-16(12-14)24-20(18-7-5-11-27-18)19(23-15)17-6-4-10-26-17/h4-13H,3H2,1-2H3,(H,22,25)/t13-/m0/s1. The summed E-state index contributed by atoms with van der Waals surface area (Å²) in [7, 11) is 0. The lowest BCUT2D eigenvalue weighted by Crippen LogP contribution is -2.31. The van der Waals surface area contributed by atoms with Crippen LogP contribution >= 0.6 is 0 Å². The van der Waals surface area contributed by atoms with Crippen LogP contribution < -0.4 is 5.32 Å². The Morgan fingerprint density at radius 3 is 2.19 bits per heavy atom. The van der Waals surface area contributed by atoms with Crippen LogP contribution in [-0.4, -0.2) is 21.9 Å². The molecule has 0 spiro atoms. The van der Waals surface area contributed by atoms with E-state index in [4.69, 9.17) is 18.8 Å². The van der Waals surface area contributed by atoms with E-state index < -0.39 is 0 Å². The molecule has 4 aromatic rings. The van der Waals surface area contributed by atoms with E-state index >= 15 is 0 Å². The van der Waals surface area contributed by atoms with Crippen LogP contribution in [0.4, 0.5) is 0 Å². The molecule has 1 amide bonds. The number of hydrogen-bond donors (Lipinski definition) is 1. The number of rotatable bonds is 5. The smallest absolute Gasteiger partial charge is 0.251 e. The molecule has 0 aliphatic carbocycles. The van der Waals surface area contributed by atoms with Crippen LogP contribution in [0.5, 0.6) is 0 Å². The van der Waals surface area contributed by atoms with E-state index in [1.807, 2.05) is 26.0 Å². The molecule has 0 aliphatic rings. The topological polar surface area (TPSA) is 81.2 Å². The van der Waals surface area contributed by atoms with Crippen molar-refractivity contribution in [2.75, 3.05) is 0 Å². The van der Waals surface area contributed by atoms with E-state index in [-0.39, 0.29) is 11.9 Å². The predicted octanol–water partition coefficient (Wildman–Crippen LogP) is 4.68. The van der Waals surface area contributed by atoms with E-state index in [1.54, 1.807) is 42.9 Å². The average Bonchev–Trinajstić information content (AvgIpc) is 3.40. The summed E-state index contributed by atoms with van der Waals surface area (Å²) in [6.07, 6.45) is 4.05. The van der Waals surface area contributed by atoms with Crippen molar-refractivity contribution >= 4 is 16.9 Å². The lowest BCUT2D eigenvalue weighted by Gasteiger charge is -2.12. The molecule has 0 saturated carbocycles. The summed E-state index contributed by atoms with van der Waals surface area (Å²) in [4.78, 5) is 21.9. The van der Waals surface area contributed by atoms with Gasteiger partial charge in [-0.1, -0.05) is 6.92 Å². The minimum atomic E-state index is -0.122. The van der Waals surface area contributed by atoms with Gasteiger partial charge < -0.3 is 14.2 Å². The van der Waals surface area contributed by atoms with Crippen molar-refractivity contribution in [1.29, 1.82) is 0 Å². The summed E-state index contributed by atoms with van der Waals surface area (Å²) in [6.45, 7) is 4.01. The Kier molecular flexibility index (Phi) is 4.46. The van der Waals surface area contributed by atoms with Crippen LogP contribution in [0.3, 0.4) is 0 Å². The fraction of sp³-hybridized carbons (Fsp3) is 0.190. The highest BCUT2D eigenvalue weighted by atomic mass is 16.3. The molecule has 0 saturated heterocycles. The monoisotopic (exact) mass is 361 g/mol. The predicted molar refractivity (Wildman–Crippen MR) is 102 cm³/mol. The lowest BCUT2D eigenvalue weighted by molar-refractivity contribution is 0.0939. The first-order valence-electron chi connectivity index (χ1n) is 8.86. The second-order valence-electron chi connectivity index (χ2n) is 6.36. The maximum Gasteiger partial charge on any atom is 0.251 e.